The monoisotopic (exact) mass is 308 g/mol. The van der Waals surface area contributed by atoms with Crippen molar-refractivity contribution in [3.05, 3.63) is 23.8 Å². The molecule has 0 aliphatic carbocycles. The molecule has 0 radical (unpaired) electrons. The van der Waals surface area contributed by atoms with Crippen molar-refractivity contribution in [2.45, 2.75) is 18.9 Å². The molecule has 0 spiro atoms. The third-order valence-electron chi connectivity index (χ3n) is 3.57. The number of nitrogens with one attached hydrogen (secondary N) is 1. The fourth-order valence-electron chi connectivity index (χ4n) is 2.35. The highest BCUT2D eigenvalue weighted by Gasteiger charge is 2.23. The van der Waals surface area contributed by atoms with E-state index >= 15 is 0 Å². The van der Waals surface area contributed by atoms with Crippen LogP contribution in [0, 0.1) is 5.92 Å². The minimum atomic E-state index is -0.531. The number of hydrogen-bond donors (Lipinski definition) is 4. The van der Waals surface area contributed by atoms with Gasteiger partial charge < -0.3 is 26.0 Å². The number of primary amides is 1. The first kappa shape index (κ1) is 16.3. The van der Waals surface area contributed by atoms with Gasteiger partial charge in [0.25, 0.3) is 0 Å². The Hall–Kier alpha value is -2.12. The van der Waals surface area contributed by atoms with Gasteiger partial charge in [-0.1, -0.05) is 0 Å². The van der Waals surface area contributed by atoms with Gasteiger partial charge in [0.15, 0.2) is 0 Å². The highest BCUT2D eigenvalue weighted by molar-refractivity contribution is 5.94. The van der Waals surface area contributed by atoms with E-state index < -0.39 is 11.8 Å². The Morgan fingerprint density at radius 1 is 1.36 bits per heavy atom. The number of aliphatic hydroxyl groups excluding tert-OH is 2. The van der Waals surface area contributed by atoms with Gasteiger partial charge in [-0.2, -0.15) is 0 Å². The summed E-state index contributed by atoms with van der Waals surface area (Å²) < 4.78 is 5.56. The van der Waals surface area contributed by atoms with Crippen LogP contribution in [0.5, 0.6) is 5.75 Å². The molecule has 1 heterocycles. The highest BCUT2D eigenvalue weighted by Crippen LogP contribution is 2.30. The third-order valence-corrected chi connectivity index (χ3v) is 3.57. The fourth-order valence-corrected chi connectivity index (χ4v) is 2.35. The molecule has 1 atom stereocenters. The van der Waals surface area contributed by atoms with Crippen LogP contribution < -0.4 is 15.8 Å². The molecular weight excluding hydrogens is 288 g/mol. The molecule has 0 saturated heterocycles. The quantitative estimate of drug-likeness (QED) is 0.558. The maximum Gasteiger partial charge on any atom is 0.248 e. The van der Waals surface area contributed by atoms with Gasteiger partial charge in [-0.15, -0.1) is 0 Å². The predicted molar refractivity (Wildman–Crippen MR) is 79.8 cm³/mol. The third kappa shape index (κ3) is 3.96. The fraction of sp³-hybridized carbons (Fsp3) is 0.467. The Bertz CT molecular complexity index is 557. The van der Waals surface area contributed by atoms with Gasteiger partial charge in [0.05, 0.1) is 11.7 Å². The van der Waals surface area contributed by atoms with Crippen LogP contribution in [0.4, 0.5) is 5.69 Å². The van der Waals surface area contributed by atoms with Crippen LogP contribution in [0.15, 0.2) is 18.2 Å². The zero-order valence-electron chi connectivity index (χ0n) is 12.1. The largest absolute Gasteiger partial charge is 0.489 e. The van der Waals surface area contributed by atoms with Crippen LogP contribution in [0.25, 0.3) is 0 Å². The van der Waals surface area contributed by atoms with Crippen LogP contribution in [-0.4, -0.2) is 47.8 Å². The molecule has 7 heteroatoms. The van der Waals surface area contributed by atoms with E-state index in [9.17, 15) is 9.59 Å². The number of nitrogens with two attached hydrogens (primary N) is 1. The van der Waals surface area contributed by atoms with E-state index in [1.54, 1.807) is 18.2 Å². The van der Waals surface area contributed by atoms with Gasteiger partial charge in [0.1, 0.15) is 18.1 Å². The summed E-state index contributed by atoms with van der Waals surface area (Å²) in [5, 5.41) is 21.1. The number of ether oxygens (including phenoxy) is 1. The van der Waals surface area contributed by atoms with Crippen LogP contribution in [-0.2, 0) is 4.79 Å². The second kappa shape index (κ2) is 7.24. The second-order valence-corrected chi connectivity index (χ2v) is 5.41. The summed E-state index contributed by atoms with van der Waals surface area (Å²) in [4.78, 5) is 23.1. The van der Waals surface area contributed by atoms with E-state index in [1.807, 2.05) is 0 Å². The van der Waals surface area contributed by atoms with Crippen molar-refractivity contribution in [2.75, 3.05) is 25.1 Å². The summed E-state index contributed by atoms with van der Waals surface area (Å²) in [7, 11) is 0. The molecule has 120 valence electrons. The van der Waals surface area contributed by atoms with Gasteiger partial charge in [0.2, 0.25) is 5.91 Å². The Kier molecular flexibility index (Phi) is 5.35. The summed E-state index contributed by atoms with van der Waals surface area (Å²) in [6, 6.07) is 4.62. The standard InChI is InChI=1S/C15H20N2O5/c16-15(21)10-1-2-14-13(4-10)17-11(8-22-14)5-12(20)3-9(6-18)7-19/h1-2,4,9,11,17-19H,3,5-8H2,(H2,16,21). The number of amides is 1. The number of rotatable bonds is 7. The molecule has 1 aliphatic rings. The van der Waals surface area contributed by atoms with Crippen molar-refractivity contribution in [2.24, 2.45) is 11.7 Å². The van der Waals surface area contributed by atoms with Crippen molar-refractivity contribution in [1.29, 1.82) is 0 Å². The van der Waals surface area contributed by atoms with Gasteiger partial charge in [-0.05, 0) is 18.2 Å². The molecule has 5 N–H and O–H groups in total. The predicted octanol–water partition coefficient (Wildman–Crippen LogP) is -0.0915. The molecule has 7 nitrogen and oxygen atoms in total. The smallest absolute Gasteiger partial charge is 0.248 e. The SMILES string of the molecule is NC(=O)c1ccc2c(c1)NC(CC(=O)CC(CO)CO)CO2. The van der Waals surface area contributed by atoms with E-state index in [1.165, 1.54) is 0 Å². The van der Waals surface area contributed by atoms with E-state index in [-0.39, 0.29) is 37.9 Å². The van der Waals surface area contributed by atoms with E-state index in [0.29, 0.717) is 23.6 Å². The van der Waals surface area contributed by atoms with E-state index in [0.717, 1.165) is 0 Å². The van der Waals surface area contributed by atoms with Gasteiger partial charge in [-0.25, -0.2) is 0 Å². The lowest BCUT2D eigenvalue weighted by Crippen LogP contribution is -2.34. The van der Waals surface area contributed by atoms with Crippen molar-refractivity contribution in [1.82, 2.24) is 0 Å². The second-order valence-electron chi connectivity index (χ2n) is 5.41. The number of fused-ring (bicyclic) bond motifs is 1. The number of hydrogen-bond acceptors (Lipinski definition) is 6. The molecule has 0 fully saturated rings. The molecule has 1 aliphatic heterocycles. The topological polar surface area (TPSA) is 122 Å². The number of anilines is 1. The first-order valence-electron chi connectivity index (χ1n) is 7.10. The summed E-state index contributed by atoms with van der Waals surface area (Å²) in [5.41, 5.74) is 6.23. The Labute approximate surface area is 128 Å². The normalized spacial score (nSPS) is 16.6. The van der Waals surface area contributed by atoms with E-state index in [4.69, 9.17) is 20.7 Å². The zero-order chi connectivity index (χ0) is 16.1. The summed E-state index contributed by atoms with van der Waals surface area (Å²) >= 11 is 0. The van der Waals surface area contributed by atoms with Crippen molar-refractivity contribution in [3.63, 3.8) is 0 Å². The molecule has 1 amide bonds. The lowest BCUT2D eigenvalue weighted by molar-refractivity contribution is -0.121. The minimum absolute atomic E-state index is 0.0660. The number of carbonyl (C=O) groups excluding carboxylic acids is 2. The van der Waals surface area contributed by atoms with Crippen molar-refractivity contribution in [3.8, 4) is 5.75 Å². The molecule has 1 unspecified atom stereocenters. The molecule has 22 heavy (non-hydrogen) atoms. The molecule has 1 aromatic carbocycles. The molecule has 0 saturated carbocycles. The first-order valence-corrected chi connectivity index (χ1v) is 7.10. The number of ketones is 1. The summed E-state index contributed by atoms with van der Waals surface area (Å²) in [6.45, 7) is -0.110. The van der Waals surface area contributed by atoms with Gasteiger partial charge >= 0.3 is 0 Å². The van der Waals surface area contributed by atoms with Crippen LogP contribution in [0.3, 0.4) is 0 Å². The Balaban J connectivity index is 1.98. The van der Waals surface area contributed by atoms with Crippen LogP contribution in [0.2, 0.25) is 0 Å². The molecule has 2 rings (SSSR count). The van der Waals surface area contributed by atoms with Crippen LogP contribution >= 0.6 is 0 Å². The number of aliphatic hydroxyl groups is 2. The summed E-state index contributed by atoms with van der Waals surface area (Å²) in [5.74, 6) is -0.414. The molecular formula is C15H20N2O5. The number of carbonyl (C=O) groups is 2. The molecule has 0 aromatic heterocycles. The molecule has 0 bridgehead atoms. The average Bonchev–Trinajstić information content (AvgIpc) is 2.51. The maximum atomic E-state index is 11.9. The lowest BCUT2D eigenvalue weighted by Gasteiger charge is -2.27. The van der Waals surface area contributed by atoms with Crippen molar-refractivity contribution < 1.29 is 24.5 Å². The highest BCUT2D eigenvalue weighted by atomic mass is 16.5. The average molecular weight is 308 g/mol. The Morgan fingerprint density at radius 3 is 2.73 bits per heavy atom. The van der Waals surface area contributed by atoms with Crippen molar-refractivity contribution >= 4 is 17.4 Å². The number of benzene rings is 1. The molecule has 1 aromatic rings. The summed E-state index contributed by atoms with van der Waals surface area (Å²) in [6.07, 6.45) is 0.343. The maximum absolute atomic E-state index is 11.9. The number of Topliss-reactive ketones (excluding diaryl/α,β-unsaturated/α-hetero) is 1. The first-order chi connectivity index (χ1) is 10.5. The lowest BCUT2D eigenvalue weighted by atomic mass is 9.99. The Morgan fingerprint density at radius 2 is 2.09 bits per heavy atom. The van der Waals surface area contributed by atoms with Crippen LogP contribution in [0.1, 0.15) is 23.2 Å². The van der Waals surface area contributed by atoms with Gasteiger partial charge in [-0.3, -0.25) is 9.59 Å². The minimum Gasteiger partial charge on any atom is -0.489 e. The zero-order valence-corrected chi connectivity index (χ0v) is 12.1. The van der Waals surface area contributed by atoms with Gasteiger partial charge in [0, 0.05) is 37.5 Å². The van der Waals surface area contributed by atoms with E-state index in [2.05, 4.69) is 5.32 Å².